The Balaban J connectivity index is 0.000000366. The lowest BCUT2D eigenvalue weighted by Crippen LogP contribution is -2.41. The van der Waals surface area contributed by atoms with Gasteiger partial charge in [-0.25, -0.2) is 14.6 Å². The van der Waals surface area contributed by atoms with E-state index in [1.807, 2.05) is 18.2 Å². The lowest BCUT2D eigenvalue weighted by Gasteiger charge is -2.31. The standard InChI is InChI=1S/C17H19N3O2S.C4H4O4/c18-16(21)13-7-4-8-20-17(13)23-15(12-5-2-1-3-6-12)14-11-19-9-10-22-14;5-3(6)1-2-4(7)8/h1-8,14-15,19H,9-11H2,(H2,18,21);1-2H,(H,5,6)(H,7,8)/t14-,15-;/m0./s1. The quantitative estimate of drug-likeness (QED) is 0.369. The molecule has 3 rings (SSSR count). The number of hydrogen-bond donors (Lipinski definition) is 4. The number of primary amides is 1. The highest BCUT2D eigenvalue weighted by Gasteiger charge is 2.28. The fourth-order valence-electron chi connectivity index (χ4n) is 2.72. The van der Waals surface area contributed by atoms with Crippen LogP contribution >= 0.6 is 11.8 Å². The molecule has 9 nitrogen and oxygen atoms in total. The second-order valence-corrected chi connectivity index (χ2v) is 7.42. The summed E-state index contributed by atoms with van der Waals surface area (Å²) >= 11 is 1.53. The molecule has 1 aliphatic heterocycles. The molecule has 2 atom stereocenters. The van der Waals surface area contributed by atoms with Gasteiger partial charge in [0.1, 0.15) is 5.03 Å². The number of amides is 1. The number of aromatic nitrogens is 1. The van der Waals surface area contributed by atoms with Crippen molar-refractivity contribution in [3.8, 4) is 0 Å². The summed E-state index contributed by atoms with van der Waals surface area (Å²) in [6.07, 6.45) is 2.81. The Morgan fingerprint density at radius 3 is 2.35 bits per heavy atom. The normalized spacial score (nSPS) is 16.7. The maximum Gasteiger partial charge on any atom is 0.328 e. The summed E-state index contributed by atoms with van der Waals surface area (Å²) in [7, 11) is 0. The van der Waals surface area contributed by atoms with E-state index >= 15 is 0 Å². The van der Waals surface area contributed by atoms with E-state index in [4.69, 9.17) is 20.7 Å². The summed E-state index contributed by atoms with van der Waals surface area (Å²) < 4.78 is 5.94. The highest BCUT2D eigenvalue weighted by Crippen LogP contribution is 2.39. The van der Waals surface area contributed by atoms with Crippen LogP contribution in [0.4, 0.5) is 0 Å². The summed E-state index contributed by atoms with van der Waals surface area (Å²) in [5.74, 6) is -2.98. The van der Waals surface area contributed by atoms with Gasteiger partial charge in [-0.1, -0.05) is 42.1 Å². The molecule has 10 heteroatoms. The number of thioether (sulfide) groups is 1. The zero-order valence-electron chi connectivity index (χ0n) is 16.5. The van der Waals surface area contributed by atoms with Gasteiger partial charge in [0.2, 0.25) is 0 Å². The summed E-state index contributed by atoms with van der Waals surface area (Å²) in [6, 6.07) is 13.6. The molecule has 1 aromatic carbocycles. The first-order valence-corrected chi connectivity index (χ1v) is 10.2. The molecule has 0 aliphatic carbocycles. The maximum atomic E-state index is 11.6. The van der Waals surface area contributed by atoms with Crippen molar-refractivity contribution >= 4 is 29.6 Å². The zero-order chi connectivity index (χ0) is 22.6. The zero-order valence-corrected chi connectivity index (χ0v) is 17.3. The van der Waals surface area contributed by atoms with E-state index < -0.39 is 17.8 Å². The molecular formula is C21H23N3O6S. The lowest BCUT2D eigenvalue weighted by molar-refractivity contribution is -0.134. The Hall–Kier alpha value is -3.21. The minimum absolute atomic E-state index is 0.0129. The Labute approximate surface area is 183 Å². The molecule has 2 heterocycles. The van der Waals surface area contributed by atoms with Gasteiger partial charge in [0, 0.05) is 31.4 Å². The number of morpholine rings is 1. The average molecular weight is 445 g/mol. The van der Waals surface area contributed by atoms with Crippen LogP contribution in [0.15, 0.2) is 65.8 Å². The number of nitrogens with one attached hydrogen (secondary N) is 1. The number of carboxylic acids is 2. The number of nitrogens with zero attached hydrogens (tertiary/aromatic N) is 1. The third-order valence-electron chi connectivity index (χ3n) is 4.07. The Morgan fingerprint density at radius 2 is 1.81 bits per heavy atom. The number of benzene rings is 1. The van der Waals surface area contributed by atoms with Gasteiger partial charge < -0.3 is 26.0 Å². The molecule has 164 valence electrons. The van der Waals surface area contributed by atoms with Crippen molar-refractivity contribution in [2.75, 3.05) is 19.7 Å². The van der Waals surface area contributed by atoms with Crippen LogP contribution in [0.3, 0.4) is 0 Å². The number of hydrogen-bond acceptors (Lipinski definition) is 7. The van der Waals surface area contributed by atoms with Crippen LogP contribution in [0.25, 0.3) is 0 Å². The van der Waals surface area contributed by atoms with E-state index in [0.717, 1.165) is 18.7 Å². The van der Waals surface area contributed by atoms with Crippen molar-refractivity contribution in [2.24, 2.45) is 5.73 Å². The number of aliphatic carboxylic acids is 2. The molecule has 5 N–H and O–H groups in total. The van der Waals surface area contributed by atoms with E-state index in [2.05, 4.69) is 22.4 Å². The summed E-state index contributed by atoms with van der Waals surface area (Å²) in [5.41, 5.74) is 7.06. The Kier molecular flexibility index (Phi) is 9.69. The van der Waals surface area contributed by atoms with E-state index in [1.54, 1.807) is 18.3 Å². The van der Waals surface area contributed by atoms with E-state index in [9.17, 15) is 14.4 Å². The SMILES string of the molecule is NC(=O)c1cccnc1S[C@@H](c1ccccc1)[C@@H]1CNCCO1.O=C(O)C=CC(=O)O. The van der Waals surface area contributed by atoms with Gasteiger partial charge in [-0.15, -0.1) is 0 Å². The number of carboxylic acid groups (broad SMARTS) is 2. The van der Waals surface area contributed by atoms with E-state index in [-0.39, 0.29) is 11.4 Å². The number of ether oxygens (including phenoxy) is 1. The number of carbonyl (C=O) groups excluding carboxylic acids is 1. The van der Waals surface area contributed by atoms with Gasteiger partial charge in [-0.05, 0) is 17.7 Å². The number of pyridine rings is 1. The fraction of sp³-hybridized carbons (Fsp3) is 0.238. The Morgan fingerprint density at radius 1 is 1.13 bits per heavy atom. The molecule has 0 bridgehead atoms. The maximum absolute atomic E-state index is 11.6. The molecular weight excluding hydrogens is 422 g/mol. The van der Waals surface area contributed by atoms with Crippen molar-refractivity contribution < 1.29 is 29.3 Å². The van der Waals surface area contributed by atoms with Crippen LogP contribution in [0.5, 0.6) is 0 Å². The molecule has 0 unspecified atom stereocenters. The molecule has 1 fully saturated rings. The molecule has 1 saturated heterocycles. The lowest BCUT2D eigenvalue weighted by atomic mass is 10.1. The average Bonchev–Trinajstić information content (AvgIpc) is 2.78. The predicted octanol–water partition coefficient (Wildman–Crippen LogP) is 1.71. The molecule has 1 aromatic heterocycles. The van der Waals surface area contributed by atoms with Gasteiger partial charge in [0.25, 0.3) is 5.91 Å². The number of nitrogens with two attached hydrogens (primary N) is 1. The highest BCUT2D eigenvalue weighted by atomic mass is 32.2. The molecule has 0 radical (unpaired) electrons. The van der Waals surface area contributed by atoms with Gasteiger partial charge >= 0.3 is 11.9 Å². The molecule has 2 aromatic rings. The van der Waals surface area contributed by atoms with Gasteiger partial charge in [-0.3, -0.25) is 4.79 Å². The summed E-state index contributed by atoms with van der Waals surface area (Å²) in [4.78, 5) is 35.1. The second kappa shape index (κ2) is 12.5. The first-order chi connectivity index (χ1) is 14.9. The van der Waals surface area contributed by atoms with Crippen molar-refractivity contribution in [2.45, 2.75) is 16.4 Å². The first kappa shape index (κ1) is 24.1. The van der Waals surface area contributed by atoms with Gasteiger partial charge in [0.05, 0.1) is 23.5 Å². The topological polar surface area (TPSA) is 152 Å². The van der Waals surface area contributed by atoms with Crippen molar-refractivity contribution in [1.29, 1.82) is 0 Å². The van der Waals surface area contributed by atoms with Gasteiger partial charge in [0.15, 0.2) is 0 Å². The molecule has 0 saturated carbocycles. The van der Waals surface area contributed by atoms with E-state index in [0.29, 0.717) is 29.3 Å². The molecule has 1 amide bonds. The molecule has 0 spiro atoms. The minimum atomic E-state index is -1.26. The third kappa shape index (κ3) is 8.21. The van der Waals surface area contributed by atoms with Crippen LogP contribution in [0, 0.1) is 0 Å². The second-order valence-electron chi connectivity index (χ2n) is 6.29. The van der Waals surface area contributed by atoms with E-state index in [1.165, 1.54) is 11.8 Å². The minimum Gasteiger partial charge on any atom is -0.478 e. The monoisotopic (exact) mass is 445 g/mol. The van der Waals surface area contributed by atoms with Crippen LogP contribution in [-0.4, -0.2) is 58.8 Å². The van der Waals surface area contributed by atoms with Crippen molar-refractivity contribution in [3.05, 3.63) is 71.9 Å². The largest absolute Gasteiger partial charge is 0.478 e. The van der Waals surface area contributed by atoms with Gasteiger partial charge in [-0.2, -0.15) is 0 Å². The van der Waals surface area contributed by atoms with Crippen molar-refractivity contribution in [1.82, 2.24) is 10.3 Å². The highest BCUT2D eigenvalue weighted by molar-refractivity contribution is 7.99. The predicted molar refractivity (Wildman–Crippen MR) is 115 cm³/mol. The number of carbonyl (C=O) groups is 3. The molecule has 31 heavy (non-hydrogen) atoms. The smallest absolute Gasteiger partial charge is 0.328 e. The summed E-state index contributed by atoms with van der Waals surface area (Å²) in [5, 5.41) is 19.7. The summed E-state index contributed by atoms with van der Waals surface area (Å²) in [6.45, 7) is 2.31. The molecule has 1 aliphatic rings. The fourth-order valence-corrected chi connectivity index (χ4v) is 3.99. The third-order valence-corrected chi connectivity index (χ3v) is 5.44. The van der Waals surface area contributed by atoms with Crippen molar-refractivity contribution in [3.63, 3.8) is 0 Å². The van der Waals surface area contributed by atoms with Crippen LogP contribution in [-0.2, 0) is 14.3 Å². The number of rotatable bonds is 7. The van der Waals surface area contributed by atoms with Crippen LogP contribution < -0.4 is 11.1 Å². The van der Waals surface area contributed by atoms with Crippen LogP contribution in [0.2, 0.25) is 0 Å². The first-order valence-electron chi connectivity index (χ1n) is 9.31. The van der Waals surface area contributed by atoms with Crippen LogP contribution in [0.1, 0.15) is 21.2 Å². The Bertz CT molecular complexity index is 900.